The van der Waals surface area contributed by atoms with Gasteiger partial charge in [-0.25, -0.2) is 8.42 Å². The number of carbonyl (C=O) groups is 1. The second kappa shape index (κ2) is 7.23. The maximum absolute atomic E-state index is 12.2. The van der Waals surface area contributed by atoms with E-state index in [1.165, 1.54) is 4.90 Å². The molecule has 0 spiro atoms. The Morgan fingerprint density at radius 1 is 1.35 bits per heavy atom. The lowest BCUT2D eigenvalue weighted by Gasteiger charge is -2.25. The van der Waals surface area contributed by atoms with E-state index >= 15 is 0 Å². The van der Waals surface area contributed by atoms with E-state index in [2.05, 4.69) is 29.6 Å². The molecular weight excluding hydrogens is 332 g/mol. The highest BCUT2D eigenvalue weighted by Gasteiger charge is 2.39. The molecule has 1 N–H and O–H groups in total. The number of hydrogen-bond acceptors (Lipinski definition) is 5. The maximum Gasteiger partial charge on any atom is 0.234 e. The molecule has 1 heterocycles. The molecule has 2 rings (SSSR count). The summed E-state index contributed by atoms with van der Waals surface area (Å²) in [6, 6.07) is 8.26. The Hall–Kier alpha value is -1.05. The van der Waals surface area contributed by atoms with E-state index in [1.807, 2.05) is 18.2 Å². The summed E-state index contributed by atoms with van der Waals surface area (Å²) in [5.74, 6) is 0.0559. The number of likely N-dealkylation sites (N-methyl/N-ethyl adjacent to an activating group) is 1. The smallest absolute Gasteiger partial charge is 0.234 e. The van der Waals surface area contributed by atoms with Crippen LogP contribution in [0.3, 0.4) is 0 Å². The normalized spacial score (nSPS) is 23.1. The zero-order valence-corrected chi connectivity index (χ0v) is 15.5. The molecule has 0 saturated carbocycles. The van der Waals surface area contributed by atoms with Crippen LogP contribution in [0, 0.1) is 0 Å². The Morgan fingerprint density at radius 2 is 2.00 bits per heavy atom. The summed E-state index contributed by atoms with van der Waals surface area (Å²) in [6.45, 7) is 2.73. The lowest BCUT2D eigenvalue weighted by atomic mass is 10.0. The molecule has 1 fully saturated rings. The van der Waals surface area contributed by atoms with Crippen LogP contribution in [0.25, 0.3) is 0 Å². The van der Waals surface area contributed by atoms with E-state index in [-0.39, 0.29) is 24.0 Å². The summed E-state index contributed by atoms with van der Waals surface area (Å²) in [6.07, 6.45) is 2.52. The van der Waals surface area contributed by atoms with Crippen LogP contribution in [-0.2, 0) is 21.2 Å². The molecule has 0 aromatic heterocycles. The second-order valence-corrected chi connectivity index (χ2v) is 9.53. The molecule has 1 aliphatic rings. The van der Waals surface area contributed by atoms with E-state index in [4.69, 9.17) is 0 Å². The summed E-state index contributed by atoms with van der Waals surface area (Å²) in [5, 5.41) is 2.88. The Kier molecular flexibility index (Phi) is 5.75. The van der Waals surface area contributed by atoms with Crippen LogP contribution in [0.15, 0.2) is 29.2 Å². The van der Waals surface area contributed by atoms with Crippen molar-refractivity contribution in [2.24, 2.45) is 0 Å². The number of thioether (sulfide) groups is 1. The largest absolute Gasteiger partial charge is 0.349 e. The standard InChI is InChI=1S/C16H24N2O3S2/c1-16(8-9-23(20,21)12-16)17-15(19)11-18(2)10-13-4-6-14(22-3)7-5-13/h4-7H,8-12H2,1-3H3,(H,17,19)/t16-/m0/s1. The molecule has 1 amide bonds. The number of rotatable bonds is 6. The Balaban J connectivity index is 1.84. The molecule has 0 aliphatic carbocycles. The Bertz CT molecular complexity index is 658. The lowest BCUT2D eigenvalue weighted by molar-refractivity contribution is -0.123. The minimum Gasteiger partial charge on any atom is -0.349 e. The van der Waals surface area contributed by atoms with Gasteiger partial charge in [0.1, 0.15) is 0 Å². The number of amides is 1. The van der Waals surface area contributed by atoms with Crippen LogP contribution in [0.5, 0.6) is 0 Å². The van der Waals surface area contributed by atoms with Gasteiger partial charge < -0.3 is 5.32 Å². The number of nitrogens with zero attached hydrogens (tertiary/aromatic N) is 1. The molecule has 0 unspecified atom stereocenters. The van der Waals surface area contributed by atoms with Crippen LogP contribution in [-0.4, -0.2) is 56.1 Å². The fourth-order valence-electron chi connectivity index (χ4n) is 2.83. The van der Waals surface area contributed by atoms with Crippen molar-refractivity contribution in [1.29, 1.82) is 0 Å². The van der Waals surface area contributed by atoms with Crippen molar-refractivity contribution in [3.63, 3.8) is 0 Å². The van der Waals surface area contributed by atoms with Crippen molar-refractivity contribution in [2.75, 3.05) is 31.4 Å². The molecule has 0 bridgehead atoms. The van der Waals surface area contributed by atoms with Crippen LogP contribution in [0.2, 0.25) is 0 Å². The molecule has 7 heteroatoms. The van der Waals surface area contributed by atoms with Gasteiger partial charge in [0, 0.05) is 11.4 Å². The third kappa shape index (κ3) is 5.51. The van der Waals surface area contributed by atoms with Gasteiger partial charge in [0.25, 0.3) is 0 Å². The summed E-state index contributed by atoms with van der Waals surface area (Å²) < 4.78 is 23.2. The first-order valence-corrected chi connectivity index (χ1v) is 10.6. The Morgan fingerprint density at radius 3 is 2.52 bits per heavy atom. The Labute approximate surface area is 142 Å². The van der Waals surface area contributed by atoms with Gasteiger partial charge in [-0.3, -0.25) is 9.69 Å². The topological polar surface area (TPSA) is 66.5 Å². The van der Waals surface area contributed by atoms with E-state index in [0.717, 1.165) is 5.56 Å². The lowest BCUT2D eigenvalue weighted by Crippen LogP contribution is -2.49. The molecule has 1 saturated heterocycles. The van der Waals surface area contributed by atoms with Crippen LogP contribution in [0.1, 0.15) is 18.9 Å². The zero-order valence-electron chi connectivity index (χ0n) is 13.8. The maximum atomic E-state index is 12.2. The molecular formula is C16H24N2O3S2. The van der Waals surface area contributed by atoms with Crippen molar-refractivity contribution >= 4 is 27.5 Å². The van der Waals surface area contributed by atoms with Gasteiger partial charge in [0.2, 0.25) is 5.91 Å². The van der Waals surface area contributed by atoms with Gasteiger partial charge >= 0.3 is 0 Å². The molecule has 23 heavy (non-hydrogen) atoms. The number of carbonyl (C=O) groups excluding carboxylic acids is 1. The predicted molar refractivity (Wildman–Crippen MR) is 94.4 cm³/mol. The van der Waals surface area contributed by atoms with Crippen molar-refractivity contribution in [2.45, 2.75) is 30.3 Å². The summed E-state index contributed by atoms with van der Waals surface area (Å²) in [5.41, 5.74) is 0.518. The third-order valence-corrected chi connectivity index (χ3v) is 6.62. The van der Waals surface area contributed by atoms with Gasteiger partial charge in [-0.15, -0.1) is 11.8 Å². The summed E-state index contributed by atoms with van der Waals surface area (Å²) in [7, 11) is -1.13. The van der Waals surface area contributed by atoms with Gasteiger partial charge in [-0.1, -0.05) is 12.1 Å². The number of sulfone groups is 1. The minimum absolute atomic E-state index is 0.0333. The van der Waals surface area contributed by atoms with E-state index in [9.17, 15) is 13.2 Å². The highest BCUT2D eigenvalue weighted by atomic mass is 32.2. The predicted octanol–water partition coefficient (Wildman–Crippen LogP) is 1.53. The third-order valence-electron chi connectivity index (χ3n) is 3.97. The molecule has 1 aromatic rings. The average Bonchev–Trinajstić information content (AvgIpc) is 2.72. The summed E-state index contributed by atoms with van der Waals surface area (Å²) in [4.78, 5) is 15.3. The van der Waals surface area contributed by atoms with Crippen LogP contribution < -0.4 is 5.32 Å². The number of nitrogens with one attached hydrogen (secondary N) is 1. The fourth-order valence-corrected chi connectivity index (χ4v) is 5.33. The van der Waals surface area contributed by atoms with Crippen LogP contribution in [0.4, 0.5) is 0 Å². The first-order valence-electron chi connectivity index (χ1n) is 7.54. The first-order chi connectivity index (χ1) is 10.7. The average molecular weight is 357 g/mol. The molecule has 1 atom stereocenters. The van der Waals surface area contributed by atoms with Crippen molar-refractivity contribution in [3.05, 3.63) is 29.8 Å². The fraction of sp³-hybridized carbons (Fsp3) is 0.562. The molecule has 5 nitrogen and oxygen atoms in total. The van der Waals surface area contributed by atoms with E-state index < -0.39 is 15.4 Å². The molecule has 1 aliphatic heterocycles. The van der Waals surface area contributed by atoms with Crippen molar-refractivity contribution in [1.82, 2.24) is 10.2 Å². The van der Waals surface area contributed by atoms with E-state index in [1.54, 1.807) is 18.7 Å². The van der Waals surface area contributed by atoms with Gasteiger partial charge in [-0.05, 0) is 44.3 Å². The van der Waals surface area contributed by atoms with Gasteiger partial charge in [0.05, 0.1) is 23.6 Å². The quantitative estimate of drug-likeness (QED) is 0.783. The summed E-state index contributed by atoms with van der Waals surface area (Å²) >= 11 is 1.70. The minimum atomic E-state index is -3.01. The SMILES string of the molecule is CSc1ccc(CN(C)CC(=O)N[C@@]2(C)CCS(=O)(=O)C2)cc1. The molecule has 1 aromatic carbocycles. The number of hydrogen-bond donors (Lipinski definition) is 1. The van der Waals surface area contributed by atoms with Crippen molar-refractivity contribution < 1.29 is 13.2 Å². The second-order valence-electron chi connectivity index (χ2n) is 6.47. The van der Waals surface area contributed by atoms with E-state index in [0.29, 0.717) is 13.0 Å². The highest BCUT2D eigenvalue weighted by molar-refractivity contribution is 7.98. The van der Waals surface area contributed by atoms with Gasteiger partial charge in [-0.2, -0.15) is 0 Å². The van der Waals surface area contributed by atoms with Crippen molar-refractivity contribution in [3.8, 4) is 0 Å². The van der Waals surface area contributed by atoms with Crippen LogP contribution >= 0.6 is 11.8 Å². The zero-order chi connectivity index (χ0) is 17.1. The number of benzene rings is 1. The molecule has 0 radical (unpaired) electrons. The first kappa shape index (κ1) is 18.3. The monoisotopic (exact) mass is 356 g/mol. The highest BCUT2D eigenvalue weighted by Crippen LogP contribution is 2.22. The molecule has 128 valence electrons. The van der Waals surface area contributed by atoms with Gasteiger partial charge in [0.15, 0.2) is 9.84 Å².